The van der Waals surface area contributed by atoms with Crippen molar-refractivity contribution in [3.05, 3.63) is 90.3 Å². The van der Waals surface area contributed by atoms with Crippen molar-refractivity contribution in [2.75, 3.05) is 17.7 Å². The highest BCUT2D eigenvalue weighted by atomic mass is 32.2. The number of ether oxygens (including phenoxy) is 3. The molecule has 1 fully saturated rings. The van der Waals surface area contributed by atoms with Crippen molar-refractivity contribution >= 4 is 23.5 Å². The molecule has 0 bridgehead atoms. The van der Waals surface area contributed by atoms with E-state index in [4.69, 9.17) is 14.2 Å². The predicted octanol–water partition coefficient (Wildman–Crippen LogP) is 5.23. The fourth-order valence-corrected chi connectivity index (χ4v) is 5.10. The summed E-state index contributed by atoms with van der Waals surface area (Å²) in [6.07, 6.45) is 3.67. The van der Waals surface area contributed by atoms with Gasteiger partial charge in [-0.2, -0.15) is 0 Å². The second kappa shape index (κ2) is 12.2. The van der Waals surface area contributed by atoms with Crippen LogP contribution in [0.1, 0.15) is 36.0 Å². The van der Waals surface area contributed by atoms with E-state index in [0.29, 0.717) is 11.4 Å². The van der Waals surface area contributed by atoms with Gasteiger partial charge in [0.15, 0.2) is 11.4 Å². The molecule has 1 amide bonds. The van der Waals surface area contributed by atoms with Crippen LogP contribution < -0.4 is 5.32 Å². The smallest absolute Gasteiger partial charge is 0.411 e. The first kappa shape index (κ1) is 26.0. The summed E-state index contributed by atoms with van der Waals surface area (Å²) < 4.78 is 20.0. The SMILES string of the molecule is C=CCOC(=O)Nc1cccc([C@H]2O[C@@H](CSc3nccn3C)[C@@H](C)[C@@H](c3ccc(CO)cc3)O2)c1. The van der Waals surface area contributed by atoms with Crippen molar-refractivity contribution in [3.8, 4) is 0 Å². The van der Waals surface area contributed by atoms with Gasteiger partial charge >= 0.3 is 6.09 Å². The fraction of sp³-hybridized carbons (Fsp3) is 0.333. The van der Waals surface area contributed by atoms with Gasteiger partial charge in [0.2, 0.25) is 0 Å². The van der Waals surface area contributed by atoms with Crippen LogP contribution in [0.25, 0.3) is 0 Å². The Hall–Kier alpha value is -3.11. The molecule has 0 saturated carbocycles. The Balaban J connectivity index is 1.56. The average molecular weight is 510 g/mol. The molecule has 0 spiro atoms. The van der Waals surface area contributed by atoms with E-state index in [2.05, 4.69) is 23.8 Å². The first-order valence-corrected chi connectivity index (χ1v) is 12.7. The summed E-state index contributed by atoms with van der Waals surface area (Å²) in [5.41, 5.74) is 3.23. The lowest BCUT2D eigenvalue weighted by Gasteiger charge is -2.41. The molecule has 8 nitrogen and oxygen atoms in total. The third-order valence-electron chi connectivity index (χ3n) is 6.01. The number of aliphatic hydroxyl groups is 1. The molecule has 2 heterocycles. The lowest BCUT2D eigenvalue weighted by molar-refractivity contribution is -0.268. The van der Waals surface area contributed by atoms with Crippen LogP contribution in [0.5, 0.6) is 0 Å². The zero-order valence-electron chi connectivity index (χ0n) is 20.4. The number of carbonyl (C=O) groups excluding carboxylic acids is 1. The Morgan fingerprint density at radius 2 is 2.06 bits per heavy atom. The van der Waals surface area contributed by atoms with Gasteiger partial charge in [0, 0.05) is 42.4 Å². The number of rotatable bonds is 9. The predicted molar refractivity (Wildman–Crippen MR) is 139 cm³/mol. The van der Waals surface area contributed by atoms with Gasteiger partial charge in [-0.1, -0.05) is 67.7 Å². The minimum atomic E-state index is -0.637. The molecule has 4 atom stereocenters. The van der Waals surface area contributed by atoms with Crippen molar-refractivity contribution in [1.82, 2.24) is 9.55 Å². The Morgan fingerprint density at radius 3 is 2.75 bits per heavy atom. The molecular formula is C27H31N3O5S. The molecule has 36 heavy (non-hydrogen) atoms. The Kier molecular flexibility index (Phi) is 8.82. The summed E-state index contributed by atoms with van der Waals surface area (Å²) in [6.45, 7) is 5.79. The fourth-order valence-electron chi connectivity index (χ4n) is 4.01. The van der Waals surface area contributed by atoms with Gasteiger partial charge in [-0.25, -0.2) is 9.78 Å². The molecular weight excluding hydrogens is 478 g/mol. The maximum absolute atomic E-state index is 12.0. The summed E-state index contributed by atoms with van der Waals surface area (Å²) in [5.74, 6) is 0.757. The Morgan fingerprint density at radius 1 is 1.25 bits per heavy atom. The minimum Gasteiger partial charge on any atom is -0.445 e. The van der Waals surface area contributed by atoms with Gasteiger partial charge in [0.1, 0.15) is 6.61 Å². The van der Waals surface area contributed by atoms with Gasteiger partial charge in [0.05, 0.1) is 18.8 Å². The zero-order chi connectivity index (χ0) is 25.5. The number of hydrogen-bond donors (Lipinski definition) is 2. The van der Waals surface area contributed by atoms with Crippen LogP contribution in [-0.4, -0.2) is 39.2 Å². The van der Waals surface area contributed by atoms with Gasteiger partial charge < -0.3 is 23.9 Å². The first-order chi connectivity index (χ1) is 17.5. The highest BCUT2D eigenvalue weighted by Crippen LogP contribution is 2.43. The van der Waals surface area contributed by atoms with E-state index in [1.165, 1.54) is 6.08 Å². The van der Waals surface area contributed by atoms with Crippen molar-refractivity contribution in [2.24, 2.45) is 13.0 Å². The molecule has 2 N–H and O–H groups in total. The highest BCUT2D eigenvalue weighted by molar-refractivity contribution is 7.99. The van der Waals surface area contributed by atoms with E-state index in [0.717, 1.165) is 21.8 Å². The van der Waals surface area contributed by atoms with Crippen molar-refractivity contribution in [1.29, 1.82) is 0 Å². The first-order valence-electron chi connectivity index (χ1n) is 11.7. The molecule has 4 rings (SSSR count). The maximum Gasteiger partial charge on any atom is 0.411 e. The summed E-state index contributed by atoms with van der Waals surface area (Å²) in [7, 11) is 1.97. The second-order valence-electron chi connectivity index (χ2n) is 8.59. The van der Waals surface area contributed by atoms with E-state index in [9.17, 15) is 9.90 Å². The van der Waals surface area contributed by atoms with E-state index < -0.39 is 12.4 Å². The van der Waals surface area contributed by atoms with E-state index in [-0.39, 0.29) is 31.3 Å². The van der Waals surface area contributed by atoms with E-state index in [1.807, 2.05) is 60.3 Å². The third kappa shape index (κ3) is 6.36. The minimum absolute atomic E-state index is 0.00888. The van der Waals surface area contributed by atoms with E-state index >= 15 is 0 Å². The topological polar surface area (TPSA) is 94.8 Å². The highest BCUT2D eigenvalue weighted by Gasteiger charge is 2.38. The number of thioether (sulfide) groups is 1. The maximum atomic E-state index is 12.0. The van der Waals surface area contributed by atoms with Gasteiger partial charge in [0.25, 0.3) is 0 Å². The summed E-state index contributed by atoms with van der Waals surface area (Å²) in [6, 6.07) is 15.2. The van der Waals surface area contributed by atoms with Crippen LogP contribution in [0, 0.1) is 5.92 Å². The standard InChI is InChI=1S/C27H31N3O5S/c1-4-14-33-27(32)29-22-7-5-6-21(15-22)25-34-23(17-36-26-28-12-13-30(26)3)18(2)24(35-25)20-10-8-19(16-31)9-11-20/h4-13,15,18,23-25,31H,1,14,16-17H2,2-3H3,(H,29,32)/t18-,23+,24+,25+/m1/s1. The largest absolute Gasteiger partial charge is 0.445 e. The van der Waals surface area contributed by atoms with Crippen molar-refractivity contribution in [3.63, 3.8) is 0 Å². The summed E-state index contributed by atoms with van der Waals surface area (Å²) in [4.78, 5) is 16.4. The molecule has 3 aromatic rings. The van der Waals surface area contributed by atoms with Gasteiger partial charge in [-0.15, -0.1) is 0 Å². The zero-order valence-corrected chi connectivity index (χ0v) is 21.2. The number of aromatic nitrogens is 2. The number of anilines is 1. The number of imidazole rings is 1. The Bertz CT molecular complexity index is 1170. The van der Waals surface area contributed by atoms with Crippen LogP contribution in [0.15, 0.2) is 78.7 Å². The second-order valence-corrected chi connectivity index (χ2v) is 9.58. The van der Waals surface area contributed by atoms with Crippen LogP contribution in [-0.2, 0) is 27.9 Å². The van der Waals surface area contributed by atoms with Crippen molar-refractivity contribution < 1.29 is 24.1 Å². The number of nitrogens with zero attached hydrogens (tertiary/aromatic N) is 2. The molecule has 190 valence electrons. The number of hydrogen-bond acceptors (Lipinski definition) is 7. The molecule has 1 aliphatic heterocycles. The summed E-state index contributed by atoms with van der Waals surface area (Å²) >= 11 is 1.64. The average Bonchev–Trinajstić information content (AvgIpc) is 3.31. The Labute approximate surface area is 215 Å². The molecule has 1 aliphatic rings. The molecule has 0 radical (unpaired) electrons. The number of aliphatic hydroxyl groups excluding tert-OH is 1. The molecule has 1 saturated heterocycles. The quantitative estimate of drug-likeness (QED) is 0.301. The molecule has 9 heteroatoms. The number of carbonyl (C=O) groups is 1. The summed E-state index contributed by atoms with van der Waals surface area (Å²) in [5, 5.41) is 13.1. The van der Waals surface area contributed by atoms with Crippen LogP contribution in [0.3, 0.4) is 0 Å². The van der Waals surface area contributed by atoms with Gasteiger partial charge in [-0.05, 0) is 23.3 Å². The normalized spacial score (nSPS) is 21.6. The number of nitrogens with one attached hydrogen (secondary N) is 1. The van der Waals surface area contributed by atoms with Gasteiger partial charge in [-0.3, -0.25) is 5.32 Å². The van der Waals surface area contributed by atoms with E-state index in [1.54, 1.807) is 24.0 Å². The lowest BCUT2D eigenvalue weighted by Crippen LogP contribution is -2.38. The molecule has 2 aromatic carbocycles. The number of benzene rings is 2. The number of aryl methyl sites for hydroxylation is 1. The molecule has 0 aliphatic carbocycles. The molecule has 1 aromatic heterocycles. The van der Waals surface area contributed by atoms with Crippen LogP contribution in [0.2, 0.25) is 0 Å². The van der Waals surface area contributed by atoms with Crippen molar-refractivity contribution in [2.45, 2.75) is 37.2 Å². The van der Waals surface area contributed by atoms with Crippen LogP contribution in [0.4, 0.5) is 10.5 Å². The van der Waals surface area contributed by atoms with Crippen LogP contribution >= 0.6 is 11.8 Å². The lowest BCUT2D eigenvalue weighted by atomic mass is 9.91. The third-order valence-corrected chi connectivity index (χ3v) is 7.16. The number of amides is 1. The monoisotopic (exact) mass is 509 g/mol. The molecule has 0 unspecified atom stereocenters.